The Bertz CT molecular complexity index is 612. The lowest BCUT2D eigenvalue weighted by molar-refractivity contribution is 0.194. The van der Waals surface area contributed by atoms with Crippen LogP contribution >= 0.6 is 11.3 Å². The highest BCUT2D eigenvalue weighted by Crippen LogP contribution is 2.14. The van der Waals surface area contributed by atoms with Crippen LogP contribution in [0.25, 0.3) is 0 Å². The molecular weight excluding hydrogens is 322 g/mol. The maximum absolute atomic E-state index is 12.5. The molecule has 1 aliphatic rings. The number of urea groups is 1. The number of nitrogens with zero attached hydrogens (tertiary/aromatic N) is 2. The Morgan fingerprint density at radius 2 is 2.21 bits per heavy atom. The van der Waals surface area contributed by atoms with Gasteiger partial charge in [-0.05, 0) is 36.9 Å². The van der Waals surface area contributed by atoms with E-state index in [2.05, 4.69) is 27.7 Å². The van der Waals surface area contributed by atoms with Crippen molar-refractivity contribution in [1.82, 2.24) is 15.1 Å². The maximum atomic E-state index is 12.5. The molecule has 6 heteroatoms. The third-order valence-corrected chi connectivity index (χ3v) is 5.15. The zero-order valence-electron chi connectivity index (χ0n) is 14.1. The summed E-state index contributed by atoms with van der Waals surface area (Å²) >= 11 is 1.80. The van der Waals surface area contributed by atoms with Gasteiger partial charge in [-0.2, -0.15) is 0 Å². The van der Waals surface area contributed by atoms with E-state index in [1.54, 1.807) is 17.6 Å². The van der Waals surface area contributed by atoms with Gasteiger partial charge < -0.3 is 14.6 Å². The van der Waals surface area contributed by atoms with Crippen molar-refractivity contribution in [3.8, 4) is 0 Å². The first-order chi connectivity index (χ1) is 11.7. The number of carbonyl (C=O) groups excluding carboxylic acids is 1. The SMILES string of the molecule is CC(Cc1ccco1)NC(=O)N1CCCN(Cc2cccs2)CC1. The summed E-state index contributed by atoms with van der Waals surface area (Å²) < 4.78 is 5.34. The summed E-state index contributed by atoms with van der Waals surface area (Å²) in [6.45, 7) is 6.58. The van der Waals surface area contributed by atoms with Crippen LogP contribution in [0.4, 0.5) is 4.79 Å². The van der Waals surface area contributed by atoms with Crippen LogP contribution in [0.2, 0.25) is 0 Å². The van der Waals surface area contributed by atoms with Crippen LogP contribution in [-0.2, 0) is 13.0 Å². The van der Waals surface area contributed by atoms with E-state index in [9.17, 15) is 4.79 Å². The van der Waals surface area contributed by atoms with Crippen LogP contribution in [0.15, 0.2) is 40.3 Å². The number of furan rings is 1. The average molecular weight is 347 g/mol. The van der Waals surface area contributed by atoms with Crippen LogP contribution in [0.1, 0.15) is 24.0 Å². The smallest absolute Gasteiger partial charge is 0.317 e. The van der Waals surface area contributed by atoms with Crippen LogP contribution in [0.3, 0.4) is 0 Å². The topological polar surface area (TPSA) is 48.7 Å². The quantitative estimate of drug-likeness (QED) is 0.904. The Hall–Kier alpha value is -1.79. The van der Waals surface area contributed by atoms with Gasteiger partial charge in [0, 0.05) is 50.1 Å². The van der Waals surface area contributed by atoms with Gasteiger partial charge in [0.05, 0.1) is 6.26 Å². The molecule has 0 aromatic carbocycles. The molecule has 3 heterocycles. The molecule has 1 aliphatic heterocycles. The van der Waals surface area contributed by atoms with Crippen LogP contribution in [-0.4, -0.2) is 48.1 Å². The highest BCUT2D eigenvalue weighted by molar-refractivity contribution is 7.09. The van der Waals surface area contributed by atoms with E-state index in [0.29, 0.717) is 0 Å². The van der Waals surface area contributed by atoms with Gasteiger partial charge in [-0.25, -0.2) is 4.79 Å². The fourth-order valence-corrected chi connectivity index (χ4v) is 3.78. The van der Waals surface area contributed by atoms with Gasteiger partial charge in [-0.1, -0.05) is 6.07 Å². The summed E-state index contributed by atoms with van der Waals surface area (Å²) in [5.74, 6) is 0.904. The maximum Gasteiger partial charge on any atom is 0.317 e. The van der Waals surface area contributed by atoms with E-state index in [0.717, 1.165) is 51.3 Å². The summed E-state index contributed by atoms with van der Waals surface area (Å²) in [5, 5.41) is 5.20. The standard InChI is InChI=1S/C18H25N3O2S/c1-15(13-16-5-2-11-23-16)19-18(22)21-8-4-7-20(9-10-21)14-17-6-3-12-24-17/h2-3,5-6,11-12,15H,4,7-10,13-14H2,1H3,(H,19,22). The summed E-state index contributed by atoms with van der Waals surface area (Å²) in [6.07, 6.45) is 3.41. The normalized spacial score (nSPS) is 17.5. The lowest BCUT2D eigenvalue weighted by Gasteiger charge is -2.24. The molecule has 0 bridgehead atoms. The molecule has 0 radical (unpaired) electrons. The summed E-state index contributed by atoms with van der Waals surface area (Å²) in [5.41, 5.74) is 0. The molecule has 0 aliphatic carbocycles. The third kappa shape index (κ3) is 4.85. The number of carbonyl (C=O) groups is 1. The van der Waals surface area contributed by atoms with Crippen molar-refractivity contribution in [2.45, 2.75) is 32.4 Å². The van der Waals surface area contributed by atoms with Gasteiger partial charge in [0.2, 0.25) is 0 Å². The number of amides is 2. The first kappa shape index (κ1) is 17.0. The molecule has 1 atom stereocenters. The lowest BCUT2D eigenvalue weighted by atomic mass is 10.2. The van der Waals surface area contributed by atoms with E-state index in [1.807, 2.05) is 24.0 Å². The fraction of sp³-hybridized carbons (Fsp3) is 0.500. The zero-order valence-corrected chi connectivity index (χ0v) is 14.9. The second-order valence-electron chi connectivity index (χ2n) is 6.33. The second kappa shape index (κ2) is 8.35. The molecule has 1 saturated heterocycles. The van der Waals surface area contributed by atoms with Gasteiger partial charge in [-0.15, -0.1) is 11.3 Å². The molecular formula is C18H25N3O2S. The van der Waals surface area contributed by atoms with E-state index in [-0.39, 0.29) is 12.1 Å². The molecule has 5 nitrogen and oxygen atoms in total. The van der Waals surface area contributed by atoms with E-state index < -0.39 is 0 Å². The zero-order chi connectivity index (χ0) is 16.8. The number of thiophene rings is 1. The minimum Gasteiger partial charge on any atom is -0.469 e. The van der Waals surface area contributed by atoms with Gasteiger partial charge in [0.1, 0.15) is 5.76 Å². The van der Waals surface area contributed by atoms with Gasteiger partial charge in [-0.3, -0.25) is 4.90 Å². The largest absolute Gasteiger partial charge is 0.469 e. The van der Waals surface area contributed by atoms with Crippen molar-refractivity contribution in [3.63, 3.8) is 0 Å². The molecule has 1 N–H and O–H groups in total. The Labute approximate surface area is 147 Å². The minimum absolute atomic E-state index is 0.0343. The molecule has 0 saturated carbocycles. The Morgan fingerprint density at radius 1 is 1.29 bits per heavy atom. The molecule has 2 amide bonds. The van der Waals surface area contributed by atoms with Crippen molar-refractivity contribution < 1.29 is 9.21 Å². The Kier molecular flexibility index (Phi) is 5.93. The van der Waals surface area contributed by atoms with Gasteiger partial charge in [0.15, 0.2) is 0 Å². The first-order valence-corrected chi connectivity index (χ1v) is 9.41. The molecule has 24 heavy (non-hydrogen) atoms. The average Bonchev–Trinajstić information content (AvgIpc) is 3.19. The van der Waals surface area contributed by atoms with Gasteiger partial charge in [0.25, 0.3) is 0 Å². The van der Waals surface area contributed by atoms with Crippen LogP contribution < -0.4 is 5.32 Å². The predicted octanol–water partition coefficient (Wildman–Crippen LogP) is 3.19. The summed E-state index contributed by atoms with van der Waals surface area (Å²) in [7, 11) is 0. The molecule has 2 aromatic rings. The van der Waals surface area contributed by atoms with E-state index in [4.69, 9.17) is 4.42 Å². The van der Waals surface area contributed by atoms with Gasteiger partial charge >= 0.3 is 6.03 Å². The lowest BCUT2D eigenvalue weighted by Crippen LogP contribution is -2.45. The highest BCUT2D eigenvalue weighted by atomic mass is 32.1. The fourth-order valence-electron chi connectivity index (χ4n) is 3.04. The number of rotatable bonds is 5. The van der Waals surface area contributed by atoms with E-state index in [1.165, 1.54) is 4.88 Å². The second-order valence-corrected chi connectivity index (χ2v) is 7.36. The molecule has 2 aromatic heterocycles. The van der Waals surface area contributed by atoms with Crippen molar-refractivity contribution >= 4 is 17.4 Å². The molecule has 1 unspecified atom stereocenters. The molecule has 130 valence electrons. The Balaban J connectivity index is 1.45. The van der Waals surface area contributed by atoms with Crippen molar-refractivity contribution in [2.24, 2.45) is 0 Å². The first-order valence-electron chi connectivity index (χ1n) is 8.53. The molecule has 1 fully saturated rings. The Morgan fingerprint density at radius 3 is 2.96 bits per heavy atom. The number of nitrogens with one attached hydrogen (secondary N) is 1. The summed E-state index contributed by atoms with van der Waals surface area (Å²) in [4.78, 5) is 18.2. The summed E-state index contributed by atoms with van der Waals surface area (Å²) in [6, 6.07) is 8.19. The molecule has 0 spiro atoms. The monoisotopic (exact) mass is 347 g/mol. The highest BCUT2D eigenvalue weighted by Gasteiger charge is 2.20. The predicted molar refractivity (Wildman–Crippen MR) is 96.2 cm³/mol. The number of hydrogen-bond acceptors (Lipinski definition) is 4. The van der Waals surface area contributed by atoms with Crippen molar-refractivity contribution in [1.29, 1.82) is 0 Å². The number of hydrogen-bond donors (Lipinski definition) is 1. The van der Waals surface area contributed by atoms with Crippen molar-refractivity contribution in [3.05, 3.63) is 46.5 Å². The minimum atomic E-state index is 0.0343. The molecule has 3 rings (SSSR count). The van der Waals surface area contributed by atoms with Crippen LogP contribution in [0, 0.1) is 0 Å². The van der Waals surface area contributed by atoms with Crippen molar-refractivity contribution in [2.75, 3.05) is 26.2 Å². The van der Waals surface area contributed by atoms with Crippen LogP contribution in [0.5, 0.6) is 0 Å². The third-order valence-electron chi connectivity index (χ3n) is 4.29. The van der Waals surface area contributed by atoms with E-state index >= 15 is 0 Å².